The lowest BCUT2D eigenvalue weighted by molar-refractivity contribution is -0.115. The van der Waals surface area contributed by atoms with Gasteiger partial charge in [-0.25, -0.2) is 0 Å². The van der Waals surface area contributed by atoms with Crippen molar-refractivity contribution < 1.29 is 9.59 Å². The number of amides is 1. The van der Waals surface area contributed by atoms with Crippen LogP contribution in [0, 0.1) is 13.8 Å². The van der Waals surface area contributed by atoms with Crippen LogP contribution in [0.5, 0.6) is 0 Å². The van der Waals surface area contributed by atoms with E-state index < -0.39 is 0 Å². The molecule has 1 N–H and O–H groups in total. The van der Waals surface area contributed by atoms with Gasteiger partial charge in [-0.05, 0) is 50.6 Å². The van der Waals surface area contributed by atoms with E-state index in [-0.39, 0.29) is 11.7 Å². The van der Waals surface area contributed by atoms with Gasteiger partial charge in [-0.3, -0.25) is 9.59 Å². The van der Waals surface area contributed by atoms with Crippen molar-refractivity contribution in [1.29, 1.82) is 0 Å². The Kier molecular flexibility index (Phi) is 4.43. The molecule has 24 heavy (non-hydrogen) atoms. The van der Waals surface area contributed by atoms with Crippen LogP contribution in [0.2, 0.25) is 0 Å². The molecule has 0 atom stereocenters. The smallest absolute Gasteiger partial charge is 0.263 e. The Balaban J connectivity index is 2.06. The number of aryl methyl sites for hydroxylation is 1. The highest BCUT2D eigenvalue weighted by Crippen LogP contribution is 2.29. The molecule has 0 saturated carbocycles. The molecule has 1 fully saturated rings. The van der Waals surface area contributed by atoms with E-state index in [2.05, 4.69) is 9.88 Å². The number of hydrogen-bond donors (Lipinski definition) is 1. The minimum Gasteiger partial charge on any atom is -0.318 e. The third-order valence-electron chi connectivity index (χ3n) is 3.91. The molecule has 6 heteroatoms. The number of carbonyl (C=O) groups excluding carboxylic acids is 2. The Bertz CT molecular complexity index is 910. The lowest BCUT2D eigenvalue weighted by atomic mass is 10.1. The lowest BCUT2D eigenvalue weighted by Crippen LogP contribution is -2.17. The maximum atomic E-state index is 11.8. The summed E-state index contributed by atoms with van der Waals surface area (Å²) in [5.41, 5.74) is 4.61. The number of rotatable bonds is 3. The first-order chi connectivity index (χ1) is 11.4. The van der Waals surface area contributed by atoms with E-state index in [9.17, 15) is 9.59 Å². The SMILES string of the molecule is CC(=O)c1cccc(-n2c(C)cc(/C=C3\SC(=S)NC3=O)c2C)c1. The normalized spacial score (nSPS) is 15.9. The van der Waals surface area contributed by atoms with E-state index in [1.165, 1.54) is 11.8 Å². The number of nitrogens with zero attached hydrogens (tertiary/aromatic N) is 1. The molecule has 2 aromatic rings. The van der Waals surface area contributed by atoms with Crippen LogP contribution in [0.1, 0.15) is 34.2 Å². The van der Waals surface area contributed by atoms with Crippen molar-refractivity contribution in [2.24, 2.45) is 0 Å². The van der Waals surface area contributed by atoms with E-state index in [1.54, 1.807) is 6.92 Å². The predicted octanol–water partition coefficient (Wildman–Crippen LogP) is 3.79. The van der Waals surface area contributed by atoms with Gasteiger partial charge in [0.15, 0.2) is 5.78 Å². The van der Waals surface area contributed by atoms with Crippen molar-refractivity contribution in [3.8, 4) is 5.69 Å². The largest absolute Gasteiger partial charge is 0.318 e. The molecule has 1 aromatic carbocycles. The highest BCUT2D eigenvalue weighted by molar-refractivity contribution is 8.26. The summed E-state index contributed by atoms with van der Waals surface area (Å²) in [6.07, 6.45) is 1.85. The predicted molar refractivity (Wildman–Crippen MR) is 102 cm³/mol. The van der Waals surface area contributed by atoms with E-state index in [4.69, 9.17) is 12.2 Å². The second-order valence-electron chi connectivity index (χ2n) is 5.62. The van der Waals surface area contributed by atoms with Crippen LogP contribution in [-0.2, 0) is 4.79 Å². The standard InChI is InChI=1S/C18H16N2O2S2/c1-10-7-14(9-16-17(22)19-18(23)24-16)11(2)20(10)15-6-4-5-13(8-15)12(3)21/h4-9H,1-3H3,(H,19,22,23)/b16-9-. The van der Waals surface area contributed by atoms with E-state index in [0.717, 1.165) is 22.6 Å². The van der Waals surface area contributed by atoms with Crippen molar-refractivity contribution in [2.45, 2.75) is 20.8 Å². The highest BCUT2D eigenvalue weighted by Gasteiger charge is 2.23. The molecule has 1 aliphatic heterocycles. The van der Waals surface area contributed by atoms with E-state index in [1.807, 2.05) is 50.3 Å². The summed E-state index contributed by atoms with van der Waals surface area (Å²) in [7, 11) is 0. The molecule has 2 heterocycles. The number of thioether (sulfide) groups is 1. The summed E-state index contributed by atoms with van der Waals surface area (Å²) < 4.78 is 2.56. The van der Waals surface area contributed by atoms with Gasteiger partial charge in [-0.1, -0.05) is 36.1 Å². The molecule has 3 rings (SSSR count). The fraction of sp³-hybridized carbons (Fsp3) is 0.167. The molecule has 122 valence electrons. The number of Topliss-reactive ketones (excluding diaryl/α,β-unsaturated/α-hetero) is 1. The second kappa shape index (κ2) is 6.37. The molecule has 0 aliphatic carbocycles. The second-order valence-corrected chi connectivity index (χ2v) is 7.34. The monoisotopic (exact) mass is 356 g/mol. The topological polar surface area (TPSA) is 51.1 Å². The summed E-state index contributed by atoms with van der Waals surface area (Å²) >= 11 is 6.29. The van der Waals surface area contributed by atoms with Gasteiger partial charge in [-0.15, -0.1) is 0 Å². The van der Waals surface area contributed by atoms with Crippen molar-refractivity contribution in [3.63, 3.8) is 0 Å². The Morgan fingerprint density at radius 2 is 2.04 bits per heavy atom. The summed E-state index contributed by atoms with van der Waals surface area (Å²) in [4.78, 5) is 24.1. The fourth-order valence-electron chi connectivity index (χ4n) is 2.76. The third kappa shape index (κ3) is 3.07. The number of benzene rings is 1. The highest BCUT2D eigenvalue weighted by atomic mass is 32.2. The van der Waals surface area contributed by atoms with Gasteiger partial charge < -0.3 is 9.88 Å². The molecular weight excluding hydrogens is 340 g/mol. The van der Waals surface area contributed by atoms with Crippen molar-refractivity contribution in [1.82, 2.24) is 9.88 Å². The van der Waals surface area contributed by atoms with Crippen LogP contribution in [0.25, 0.3) is 11.8 Å². The number of nitrogens with one attached hydrogen (secondary N) is 1. The molecule has 0 spiro atoms. The minimum absolute atomic E-state index is 0.0363. The van der Waals surface area contributed by atoms with E-state index >= 15 is 0 Å². The van der Waals surface area contributed by atoms with Crippen LogP contribution in [-0.4, -0.2) is 20.6 Å². The number of thiocarbonyl (C=S) groups is 1. The molecule has 1 aromatic heterocycles. The van der Waals surface area contributed by atoms with Gasteiger partial charge in [0.05, 0.1) is 4.91 Å². The molecule has 1 amide bonds. The van der Waals surface area contributed by atoms with E-state index in [0.29, 0.717) is 14.8 Å². The summed E-state index contributed by atoms with van der Waals surface area (Å²) in [6.45, 7) is 5.56. The van der Waals surface area contributed by atoms with Crippen molar-refractivity contribution >= 4 is 46.1 Å². The number of carbonyl (C=O) groups is 2. The zero-order chi connectivity index (χ0) is 17.4. The molecule has 4 nitrogen and oxygen atoms in total. The van der Waals surface area contributed by atoms with Crippen LogP contribution in [0.15, 0.2) is 35.2 Å². The van der Waals surface area contributed by atoms with Gasteiger partial charge in [0.1, 0.15) is 4.32 Å². The molecular formula is C18H16N2O2S2. The van der Waals surface area contributed by atoms with Crippen LogP contribution in [0.3, 0.4) is 0 Å². The first-order valence-electron chi connectivity index (χ1n) is 7.42. The molecule has 0 radical (unpaired) electrons. The third-order valence-corrected chi connectivity index (χ3v) is 5.07. The Hall–Kier alpha value is -2.18. The number of ketones is 1. The Labute approximate surface area is 149 Å². The number of hydrogen-bond acceptors (Lipinski definition) is 4. The first kappa shape index (κ1) is 16.7. The lowest BCUT2D eigenvalue weighted by Gasteiger charge is -2.10. The van der Waals surface area contributed by atoms with Gasteiger partial charge in [0.25, 0.3) is 5.91 Å². The van der Waals surface area contributed by atoms with Crippen molar-refractivity contribution in [3.05, 3.63) is 57.8 Å². The van der Waals surface area contributed by atoms with Gasteiger partial charge in [-0.2, -0.15) is 0 Å². The molecule has 1 saturated heterocycles. The van der Waals surface area contributed by atoms with Crippen molar-refractivity contribution in [2.75, 3.05) is 0 Å². The quantitative estimate of drug-likeness (QED) is 0.516. The van der Waals surface area contributed by atoms with Crippen LogP contribution in [0.4, 0.5) is 0 Å². The summed E-state index contributed by atoms with van der Waals surface area (Å²) in [6, 6.07) is 9.56. The maximum Gasteiger partial charge on any atom is 0.263 e. The average Bonchev–Trinajstić information content (AvgIpc) is 2.98. The average molecular weight is 356 g/mol. The molecule has 0 unspecified atom stereocenters. The first-order valence-corrected chi connectivity index (χ1v) is 8.64. The van der Waals surface area contributed by atoms with Crippen LogP contribution < -0.4 is 5.32 Å². The fourth-order valence-corrected chi connectivity index (χ4v) is 3.79. The molecule has 0 bridgehead atoms. The minimum atomic E-state index is -0.159. The maximum absolute atomic E-state index is 11.8. The number of aromatic nitrogens is 1. The summed E-state index contributed by atoms with van der Waals surface area (Å²) in [5, 5.41) is 2.62. The summed E-state index contributed by atoms with van der Waals surface area (Å²) in [5.74, 6) is -0.123. The van der Waals surface area contributed by atoms with Gasteiger partial charge in [0.2, 0.25) is 0 Å². The van der Waals surface area contributed by atoms with Gasteiger partial charge >= 0.3 is 0 Å². The van der Waals surface area contributed by atoms with Crippen LogP contribution >= 0.6 is 24.0 Å². The Morgan fingerprint density at radius 3 is 2.67 bits per heavy atom. The zero-order valence-electron chi connectivity index (χ0n) is 13.5. The zero-order valence-corrected chi connectivity index (χ0v) is 15.2. The Morgan fingerprint density at radius 1 is 1.29 bits per heavy atom. The molecule has 1 aliphatic rings. The van der Waals surface area contributed by atoms with Gasteiger partial charge in [0, 0.05) is 22.6 Å².